The van der Waals surface area contributed by atoms with Gasteiger partial charge in [0.1, 0.15) is 5.75 Å². The Morgan fingerprint density at radius 1 is 1.46 bits per heavy atom. The largest absolute Gasteiger partial charge is 0.483 e. The molecule has 0 spiro atoms. The molecular formula is C18H21BrClN3O2S. The highest BCUT2D eigenvalue weighted by Crippen LogP contribution is 2.28. The number of ether oxygens (including phenoxy) is 1. The van der Waals surface area contributed by atoms with Gasteiger partial charge in [0.15, 0.2) is 11.7 Å². The predicted octanol–water partition coefficient (Wildman–Crippen LogP) is 4.81. The fourth-order valence-electron chi connectivity index (χ4n) is 2.78. The van der Waals surface area contributed by atoms with Crippen LogP contribution in [0.2, 0.25) is 5.02 Å². The van der Waals surface area contributed by atoms with Gasteiger partial charge in [-0.15, -0.1) is 11.3 Å². The van der Waals surface area contributed by atoms with Crippen LogP contribution in [0, 0.1) is 5.92 Å². The summed E-state index contributed by atoms with van der Waals surface area (Å²) in [5, 5.41) is 6.01. The molecule has 26 heavy (non-hydrogen) atoms. The third-order valence-corrected chi connectivity index (χ3v) is 5.97. The summed E-state index contributed by atoms with van der Waals surface area (Å²) in [6, 6.07) is 5.16. The number of carbonyl (C=O) groups excluding carboxylic acids is 1. The molecule has 0 saturated carbocycles. The van der Waals surface area contributed by atoms with Crippen molar-refractivity contribution >= 4 is 49.9 Å². The molecule has 0 atom stereocenters. The van der Waals surface area contributed by atoms with E-state index in [1.807, 2.05) is 5.38 Å². The predicted molar refractivity (Wildman–Crippen MR) is 109 cm³/mol. The van der Waals surface area contributed by atoms with E-state index in [9.17, 15) is 4.79 Å². The van der Waals surface area contributed by atoms with Crippen molar-refractivity contribution in [3.8, 4) is 5.75 Å². The van der Waals surface area contributed by atoms with Gasteiger partial charge >= 0.3 is 0 Å². The van der Waals surface area contributed by atoms with Gasteiger partial charge in [0.25, 0.3) is 5.91 Å². The molecule has 1 aliphatic rings. The second-order valence-corrected chi connectivity index (χ2v) is 8.66. The number of carbonyl (C=O) groups is 1. The molecule has 8 heteroatoms. The Hall–Kier alpha value is -1.15. The van der Waals surface area contributed by atoms with E-state index >= 15 is 0 Å². The molecule has 0 bridgehead atoms. The van der Waals surface area contributed by atoms with E-state index in [-0.39, 0.29) is 12.5 Å². The number of amides is 1. The molecule has 0 radical (unpaired) electrons. The van der Waals surface area contributed by atoms with Crippen LogP contribution in [0.5, 0.6) is 5.75 Å². The molecule has 0 aliphatic carbocycles. The van der Waals surface area contributed by atoms with Crippen LogP contribution < -0.4 is 10.1 Å². The molecule has 1 aromatic carbocycles. The number of likely N-dealkylation sites (tertiary alicyclic amines) is 1. The maximum absolute atomic E-state index is 12.1. The van der Waals surface area contributed by atoms with Crippen molar-refractivity contribution in [3.63, 3.8) is 0 Å². The zero-order chi connectivity index (χ0) is 18.5. The lowest BCUT2D eigenvalue weighted by Crippen LogP contribution is -2.32. The van der Waals surface area contributed by atoms with E-state index in [1.54, 1.807) is 18.2 Å². The van der Waals surface area contributed by atoms with E-state index in [0.29, 0.717) is 20.4 Å². The molecule has 3 rings (SSSR count). The highest BCUT2D eigenvalue weighted by atomic mass is 79.9. The number of nitrogens with zero attached hydrogens (tertiary/aromatic N) is 2. The molecular weight excluding hydrogens is 438 g/mol. The molecule has 2 aromatic rings. The first-order valence-corrected chi connectivity index (χ1v) is 10.6. The second-order valence-electron chi connectivity index (χ2n) is 6.51. The number of thiazole rings is 1. The molecule has 140 valence electrons. The third-order valence-electron chi connectivity index (χ3n) is 4.31. The van der Waals surface area contributed by atoms with Gasteiger partial charge in [0.05, 0.1) is 10.2 Å². The number of piperidine rings is 1. The smallest absolute Gasteiger partial charge is 0.264 e. The third kappa shape index (κ3) is 5.67. The van der Waals surface area contributed by atoms with Crippen LogP contribution in [0.1, 0.15) is 25.5 Å². The summed E-state index contributed by atoms with van der Waals surface area (Å²) in [6.07, 6.45) is 2.48. The average Bonchev–Trinajstić information content (AvgIpc) is 3.03. The maximum atomic E-state index is 12.1. The normalized spacial score (nSPS) is 15.8. The summed E-state index contributed by atoms with van der Waals surface area (Å²) >= 11 is 10.7. The SMILES string of the molecule is CC1CCN(Cc2csc(NC(=O)COc3ccc(Cl)cc3Br)n2)CC1. The molecule has 2 heterocycles. The molecule has 1 aromatic heterocycles. The number of nitrogens with one attached hydrogen (secondary N) is 1. The van der Waals surface area contributed by atoms with Gasteiger partial charge in [-0.3, -0.25) is 15.0 Å². The number of hydrogen-bond donors (Lipinski definition) is 1. The van der Waals surface area contributed by atoms with Gasteiger partial charge in [0.2, 0.25) is 0 Å². The first kappa shape index (κ1) is 19.6. The van der Waals surface area contributed by atoms with Gasteiger partial charge in [0, 0.05) is 16.9 Å². The number of rotatable bonds is 6. The molecule has 1 aliphatic heterocycles. The van der Waals surface area contributed by atoms with Crippen molar-refractivity contribution in [1.82, 2.24) is 9.88 Å². The molecule has 5 nitrogen and oxygen atoms in total. The highest BCUT2D eigenvalue weighted by Gasteiger charge is 2.17. The molecule has 1 amide bonds. The maximum Gasteiger partial charge on any atom is 0.264 e. The monoisotopic (exact) mass is 457 g/mol. The fourth-order valence-corrected chi connectivity index (χ4v) is 4.29. The number of hydrogen-bond acceptors (Lipinski definition) is 5. The van der Waals surface area contributed by atoms with E-state index in [0.717, 1.165) is 31.2 Å². The number of anilines is 1. The molecule has 1 N–H and O–H groups in total. The van der Waals surface area contributed by atoms with E-state index < -0.39 is 0 Å². The minimum Gasteiger partial charge on any atom is -0.483 e. The summed E-state index contributed by atoms with van der Waals surface area (Å²) < 4.78 is 6.23. The lowest BCUT2D eigenvalue weighted by Gasteiger charge is -2.29. The summed E-state index contributed by atoms with van der Waals surface area (Å²) in [5.74, 6) is 1.15. The first-order chi connectivity index (χ1) is 12.5. The molecule has 1 fully saturated rings. The number of aromatic nitrogens is 1. The van der Waals surface area contributed by atoms with Crippen LogP contribution in [0.3, 0.4) is 0 Å². The van der Waals surface area contributed by atoms with E-state index in [4.69, 9.17) is 16.3 Å². The molecule has 1 saturated heterocycles. The van der Waals surface area contributed by atoms with Crippen LogP contribution in [0.15, 0.2) is 28.1 Å². The van der Waals surface area contributed by atoms with Crippen molar-refractivity contribution in [2.24, 2.45) is 5.92 Å². The minimum absolute atomic E-state index is 0.0842. The van der Waals surface area contributed by atoms with E-state index in [2.05, 4.69) is 38.1 Å². The number of benzene rings is 1. The van der Waals surface area contributed by atoms with Gasteiger partial charge < -0.3 is 4.74 Å². The zero-order valence-corrected chi connectivity index (χ0v) is 17.7. The fraction of sp³-hybridized carbons (Fsp3) is 0.444. The zero-order valence-electron chi connectivity index (χ0n) is 14.5. The summed E-state index contributed by atoms with van der Waals surface area (Å²) in [4.78, 5) is 19.0. The van der Waals surface area contributed by atoms with E-state index in [1.165, 1.54) is 24.2 Å². The summed E-state index contributed by atoms with van der Waals surface area (Å²) in [6.45, 7) is 5.29. The van der Waals surface area contributed by atoms with Gasteiger partial charge in [-0.1, -0.05) is 18.5 Å². The summed E-state index contributed by atoms with van der Waals surface area (Å²) in [5.41, 5.74) is 1.00. The lowest BCUT2D eigenvalue weighted by atomic mass is 9.99. The van der Waals surface area contributed by atoms with Crippen molar-refractivity contribution in [2.45, 2.75) is 26.3 Å². The molecule has 0 unspecified atom stereocenters. The van der Waals surface area contributed by atoms with Crippen LogP contribution in [-0.2, 0) is 11.3 Å². The Morgan fingerprint density at radius 3 is 2.96 bits per heavy atom. The topological polar surface area (TPSA) is 54.5 Å². The van der Waals surface area contributed by atoms with Crippen LogP contribution >= 0.6 is 38.9 Å². The van der Waals surface area contributed by atoms with Gasteiger partial charge in [-0.25, -0.2) is 4.98 Å². The Labute approximate surface area is 170 Å². The van der Waals surface area contributed by atoms with Crippen LogP contribution in [-0.4, -0.2) is 35.5 Å². The van der Waals surface area contributed by atoms with Crippen molar-refractivity contribution in [3.05, 3.63) is 38.8 Å². The highest BCUT2D eigenvalue weighted by molar-refractivity contribution is 9.10. The average molecular weight is 459 g/mol. The van der Waals surface area contributed by atoms with Crippen LogP contribution in [0.25, 0.3) is 0 Å². The lowest BCUT2D eigenvalue weighted by molar-refractivity contribution is -0.118. The quantitative estimate of drug-likeness (QED) is 0.675. The standard InChI is InChI=1S/C18H21BrClN3O2S/c1-12-4-6-23(7-5-12)9-14-11-26-18(21-14)22-17(24)10-25-16-3-2-13(20)8-15(16)19/h2-3,8,11-12H,4-7,9-10H2,1H3,(H,21,22,24). The summed E-state index contributed by atoms with van der Waals surface area (Å²) in [7, 11) is 0. The minimum atomic E-state index is -0.237. The van der Waals surface area contributed by atoms with Crippen molar-refractivity contribution in [2.75, 3.05) is 25.0 Å². The Balaban J connectivity index is 1.46. The van der Waals surface area contributed by atoms with Gasteiger partial charge in [-0.05, 0) is 66.0 Å². The second kappa shape index (κ2) is 9.17. The van der Waals surface area contributed by atoms with Crippen molar-refractivity contribution in [1.29, 1.82) is 0 Å². The van der Waals surface area contributed by atoms with Crippen LogP contribution in [0.4, 0.5) is 5.13 Å². The Kier molecular flexibility index (Phi) is 6.92. The van der Waals surface area contributed by atoms with Gasteiger partial charge in [-0.2, -0.15) is 0 Å². The van der Waals surface area contributed by atoms with Crippen molar-refractivity contribution < 1.29 is 9.53 Å². The number of halogens is 2. The Morgan fingerprint density at radius 2 is 2.23 bits per heavy atom. The Bertz CT molecular complexity index is 763. The first-order valence-electron chi connectivity index (χ1n) is 8.54.